The first kappa shape index (κ1) is 40.7. The van der Waals surface area contributed by atoms with E-state index in [-0.39, 0.29) is 44.6 Å². The molecule has 266 valence electrons. The van der Waals surface area contributed by atoms with E-state index in [2.05, 4.69) is 5.32 Å². The molecule has 0 bridgehead atoms. The van der Waals surface area contributed by atoms with Gasteiger partial charge < -0.3 is 36.6 Å². The van der Waals surface area contributed by atoms with Crippen LogP contribution >= 0.6 is 0 Å². The number of rotatable bonds is 26. The topological polar surface area (TPSA) is 338 Å². The number of hydrogen-bond donors (Lipinski definition) is 7. The Kier molecular flexibility index (Phi) is 17.0. The number of carboxylic acids is 5. The van der Waals surface area contributed by atoms with Crippen LogP contribution in [0.15, 0.2) is 18.2 Å². The molecule has 0 amide bonds. The summed E-state index contributed by atoms with van der Waals surface area (Å²) >= 11 is 0. The minimum Gasteiger partial charge on any atom is -0.480 e. The van der Waals surface area contributed by atoms with Crippen molar-refractivity contribution in [1.82, 2.24) is 14.7 Å². The fourth-order valence-electron chi connectivity index (χ4n) is 4.60. The highest BCUT2D eigenvalue weighted by molar-refractivity contribution is 5.90. The summed E-state index contributed by atoms with van der Waals surface area (Å²) in [6.07, 6.45) is 0.475. The van der Waals surface area contributed by atoms with Gasteiger partial charge >= 0.3 is 29.8 Å². The van der Waals surface area contributed by atoms with Crippen LogP contribution in [0.5, 0.6) is 0 Å². The third-order valence-electron chi connectivity index (χ3n) is 6.70. The van der Waals surface area contributed by atoms with Crippen LogP contribution in [0.2, 0.25) is 0 Å². The van der Waals surface area contributed by atoms with Crippen molar-refractivity contribution in [2.75, 3.05) is 64.2 Å². The van der Waals surface area contributed by atoms with Crippen LogP contribution < -0.4 is 11.1 Å². The molecular weight excluding hydrogens is 650 g/mol. The number of nitrogens with two attached hydrogens (primary N) is 1. The number of benzene rings is 1. The number of hydrogen-bond acceptors (Lipinski definition) is 15. The standard InChI is InChI=1S/C26H37N7O15/c27-17(3-1-2-6-28-18-5-4-16(32(45)46)9-19(18)33(47)48)26(44)20(31(14-24(40)41)15-25(42)43)10-29(11-21(34)35)7-8-30(12-22(36)37)13-23(38)39/h4-5,9,17,20,28H,1-3,6-8,10-15,27H2,(H,34,35)(H,36,37)(H,38,39)(H,40,41)(H,42,43)/t17-,20?/m0/s1. The zero-order valence-corrected chi connectivity index (χ0v) is 25.5. The number of nitro groups is 2. The van der Waals surface area contributed by atoms with Gasteiger partial charge in [-0.15, -0.1) is 0 Å². The maximum absolute atomic E-state index is 13.6. The highest BCUT2D eigenvalue weighted by Crippen LogP contribution is 2.29. The minimum absolute atomic E-state index is 0.00724. The van der Waals surface area contributed by atoms with E-state index < -0.39 is 108 Å². The quantitative estimate of drug-likeness (QED) is 0.0337. The highest BCUT2D eigenvalue weighted by Gasteiger charge is 2.34. The highest BCUT2D eigenvalue weighted by atomic mass is 16.6. The lowest BCUT2D eigenvalue weighted by Gasteiger charge is -2.34. The molecule has 0 aliphatic carbocycles. The molecule has 0 aliphatic rings. The van der Waals surface area contributed by atoms with Gasteiger partial charge in [-0.1, -0.05) is 0 Å². The van der Waals surface area contributed by atoms with E-state index in [1.165, 1.54) is 6.07 Å². The summed E-state index contributed by atoms with van der Waals surface area (Å²) in [5.74, 6) is -7.98. The van der Waals surface area contributed by atoms with Gasteiger partial charge in [-0.3, -0.25) is 63.7 Å². The predicted molar refractivity (Wildman–Crippen MR) is 161 cm³/mol. The molecule has 8 N–H and O–H groups in total. The van der Waals surface area contributed by atoms with Crippen molar-refractivity contribution < 1.29 is 64.1 Å². The Balaban J connectivity index is 3.11. The number of non-ortho nitro benzene ring substituents is 1. The Morgan fingerprint density at radius 3 is 1.73 bits per heavy atom. The molecule has 2 atom stereocenters. The van der Waals surface area contributed by atoms with Gasteiger partial charge in [-0.2, -0.15) is 0 Å². The molecule has 0 spiro atoms. The maximum Gasteiger partial charge on any atom is 0.317 e. The fraction of sp³-hybridized carbons (Fsp3) is 0.538. The number of anilines is 1. The third kappa shape index (κ3) is 15.3. The number of unbranched alkanes of at least 4 members (excludes halogenated alkanes) is 1. The first-order chi connectivity index (χ1) is 22.4. The van der Waals surface area contributed by atoms with Crippen LogP contribution in [-0.2, 0) is 28.8 Å². The number of carbonyl (C=O) groups is 6. The molecule has 1 aromatic rings. The van der Waals surface area contributed by atoms with E-state index in [1.54, 1.807) is 0 Å². The SMILES string of the molecule is N[C@@H](CCCCNc1ccc([N+](=O)[O-])cc1[N+](=O)[O-])C(=O)C(CN(CCN(CC(=O)O)CC(=O)O)CC(=O)O)N(CC(=O)O)CC(=O)O. The second-order valence-electron chi connectivity index (χ2n) is 10.5. The molecule has 22 heteroatoms. The van der Waals surface area contributed by atoms with E-state index >= 15 is 0 Å². The fourth-order valence-corrected chi connectivity index (χ4v) is 4.60. The van der Waals surface area contributed by atoms with Gasteiger partial charge in [0.1, 0.15) is 5.69 Å². The van der Waals surface area contributed by atoms with Gasteiger partial charge in [0.15, 0.2) is 5.78 Å². The molecule has 22 nitrogen and oxygen atoms in total. The second-order valence-corrected chi connectivity index (χ2v) is 10.5. The van der Waals surface area contributed by atoms with E-state index in [1.807, 2.05) is 0 Å². The number of nitrogens with one attached hydrogen (secondary N) is 1. The zero-order chi connectivity index (χ0) is 36.6. The Bertz CT molecular complexity index is 1330. The molecular formula is C26H37N7O15. The average molecular weight is 688 g/mol. The largest absolute Gasteiger partial charge is 0.480 e. The summed E-state index contributed by atoms with van der Waals surface area (Å²) in [4.78, 5) is 94.1. The molecule has 0 heterocycles. The summed E-state index contributed by atoms with van der Waals surface area (Å²) in [6.45, 7) is -5.12. The number of carboxylic acid groups (broad SMARTS) is 5. The molecule has 1 rings (SSSR count). The molecule has 48 heavy (non-hydrogen) atoms. The van der Waals surface area contributed by atoms with Gasteiger partial charge in [0.05, 0.1) is 60.7 Å². The molecule has 0 aliphatic heterocycles. The number of Topliss-reactive ketones (excluding diaryl/α,β-unsaturated/α-hetero) is 1. The van der Waals surface area contributed by atoms with Crippen LogP contribution in [0.25, 0.3) is 0 Å². The van der Waals surface area contributed by atoms with Crippen LogP contribution in [0, 0.1) is 20.2 Å². The first-order valence-corrected chi connectivity index (χ1v) is 14.1. The van der Waals surface area contributed by atoms with Crippen molar-refractivity contribution >= 4 is 52.7 Å². The molecule has 0 fully saturated rings. The van der Waals surface area contributed by atoms with E-state index in [4.69, 9.17) is 15.9 Å². The number of nitrogens with zero attached hydrogens (tertiary/aromatic N) is 5. The van der Waals surface area contributed by atoms with Crippen molar-refractivity contribution in [3.63, 3.8) is 0 Å². The molecule has 0 radical (unpaired) electrons. The van der Waals surface area contributed by atoms with E-state index in [0.29, 0.717) is 0 Å². The molecule has 0 saturated carbocycles. The Labute approximate surface area is 271 Å². The average Bonchev–Trinajstić information content (AvgIpc) is 2.95. The summed E-state index contributed by atoms with van der Waals surface area (Å²) in [5.41, 5.74) is 5.11. The zero-order valence-electron chi connectivity index (χ0n) is 25.5. The lowest BCUT2D eigenvalue weighted by atomic mass is 9.98. The van der Waals surface area contributed by atoms with Crippen LogP contribution in [0.1, 0.15) is 19.3 Å². The van der Waals surface area contributed by atoms with Gasteiger partial charge in [0.2, 0.25) is 0 Å². The Hall–Kier alpha value is -5.32. The second kappa shape index (κ2) is 20.0. The Morgan fingerprint density at radius 1 is 0.750 bits per heavy atom. The lowest BCUT2D eigenvalue weighted by Crippen LogP contribution is -2.57. The third-order valence-corrected chi connectivity index (χ3v) is 6.70. The molecule has 0 aromatic heterocycles. The number of ketones is 1. The smallest absolute Gasteiger partial charge is 0.317 e. The van der Waals surface area contributed by atoms with Crippen molar-refractivity contribution in [2.45, 2.75) is 31.3 Å². The first-order valence-electron chi connectivity index (χ1n) is 14.1. The van der Waals surface area contributed by atoms with Gasteiger partial charge in [-0.25, -0.2) is 0 Å². The number of nitro benzene ring substituents is 2. The van der Waals surface area contributed by atoms with Crippen molar-refractivity contribution in [3.05, 3.63) is 38.4 Å². The van der Waals surface area contributed by atoms with E-state index in [9.17, 15) is 64.3 Å². The van der Waals surface area contributed by atoms with Crippen molar-refractivity contribution in [1.29, 1.82) is 0 Å². The lowest BCUT2D eigenvalue weighted by molar-refractivity contribution is -0.393. The Morgan fingerprint density at radius 2 is 1.25 bits per heavy atom. The van der Waals surface area contributed by atoms with Crippen LogP contribution in [0.4, 0.5) is 17.1 Å². The van der Waals surface area contributed by atoms with Crippen LogP contribution in [0.3, 0.4) is 0 Å². The van der Waals surface area contributed by atoms with Crippen molar-refractivity contribution in [2.24, 2.45) is 5.73 Å². The van der Waals surface area contributed by atoms with Gasteiger partial charge in [0, 0.05) is 32.2 Å². The van der Waals surface area contributed by atoms with E-state index in [0.717, 1.165) is 26.8 Å². The number of aliphatic carboxylic acids is 5. The molecule has 1 unspecified atom stereocenters. The monoisotopic (exact) mass is 687 g/mol. The van der Waals surface area contributed by atoms with Gasteiger partial charge in [0.25, 0.3) is 11.4 Å². The van der Waals surface area contributed by atoms with Gasteiger partial charge in [-0.05, 0) is 25.3 Å². The summed E-state index contributed by atoms with van der Waals surface area (Å²) in [6, 6.07) is 0.158. The normalized spacial score (nSPS) is 12.4. The summed E-state index contributed by atoms with van der Waals surface area (Å²) < 4.78 is 0. The minimum atomic E-state index is -1.57. The van der Waals surface area contributed by atoms with Crippen LogP contribution in [-0.4, -0.2) is 157 Å². The van der Waals surface area contributed by atoms with Crippen molar-refractivity contribution in [3.8, 4) is 0 Å². The summed E-state index contributed by atoms with van der Waals surface area (Å²) in [5, 5.41) is 71.4. The predicted octanol–water partition coefficient (Wildman–Crippen LogP) is -1.32. The molecule has 0 saturated heterocycles. The maximum atomic E-state index is 13.6. The summed E-state index contributed by atoms with van der Waals surface area (Å²) in [7, 11) is 0. The number of carbonyl (C=O) groups excluding carboxylic acids is 1. The molecule has 1 aromatic carbocycles.